The number of benzene rings is 1. The highest BCUT2D eigenvalue weighted by atomic mass is 19.1. The average Bonchev–Trinajstić information content (AvgIpc) is 2.35. The van der Waals surface area contributed by atoms with E-state index in [1.165, 1.54) is 6.07 Å². The average molecular weight is 281 g/mol. The van der Waals surface area contributed by atoms with Crippen molar-refractivity contribution in [2.75, 3.05) is 0 Å². The van der Waals surface area contributed by atoms with Gasteiger partial charge in [0.1, 0.15) is 5.82 Å². The first-order valence-electron chi connectivity index (χ1n) is 7.29. The minimum Gasteiger partial charge on any atom is -0.371 e. The minimum atomic E-state index is -0.216. The van der Waals surface area contributed by atoms with E-state index >= 15 is 0 Å². The van der Waals surface area contributed by atoms with Gasteiger partial charge in [0.2, 0.25) is 0 Å². The number of halogens is 1. The summed E-state index contributed by atoms with van der Waals surface area (Å²) in [4.78, 5) is 0. The van der Waals surface area contributed by atoms with E-state index in [1.54, 1.807) is 0 Å². The van der Waals surface area contributed by atoms with E-state index in [4.69, 9.17) is 4.74 Å². The van der Waals surface area contributed by atoms with Gasteiger partial charge in [-0.3, -0.25) is 0 Å². The maximum absolute atomic E-state index is 13.8. The fourth-order valence-corrected chi connectivity index (χ4v) is 1.59. The Bertz CT molecular complexity index is 435. The van der Waals surface area contributed by atoms with Crippen LogP contribution in [-0.2, 0) is 17.9 Å². The predicted octanol–water partition coefficient (Wildman–Crippen LogP) is 4.42. The molecule has 0 aromatic heterocycles. The second-order valence-corrected chi connectivity index (χ2v) is 6.93. The van der Waals surface area contributed by atoms with Crippen LogP contribution < -0.4 is 5.32 Å². The molecule has 0 atom stereocenters. The quantitative estimate of drug-likeness (QED) is 0.833. The molecule has 114 valence electrons. The number of rotatable bonds is 6. The van der Waals surface area contributed by atoms with Gasteiger partial charge in [-0.05, 0) is 58.7 Å². The second-order valence-electron chi connectivity index (χ2n) is 6.93. The van der Waals surface area contributed by atoms with Gasteiger partial charge in [-0.15, -0.1) is 0 Å². The fourth-order valence-electron chi connectivity index (χ4n) is 1.59. The van der Waals surface area contributed by atoms with Crippen molar-refractivity contribution in [1.29, 1.82) is 0 Å². The van der Waals surface area contributed by atoms with Gasteiger partial charge < -0.3 is 10.1 Å². The molecule has 2 nitrogen and oxygen atoms in total. The molecule has 1 rings (SSSR count). The van der Waals surface area contributed by atoms with Crippen LogP contribution in [0, 0.1) is 5.82 Å². The van der Waals surface area contributed by atoms with Crippen molar-refractivity contribution in [3.63, 3.8) is 0 Å². The van der Waals surface area contributed by atoms with Gasteiger partial charge in [-0.2, -0.15) is 0 Å². The first kappa shape index (κ1) is 17.1. The second kappa shape index (κ2) is 6.68. The molecule has 0 bridgehead atoms. The summed E-state index contributed by atoms with van der Waals surface area (Å²) in [5, 5.41) is 3.41. The van der Waals surface area contributed by atoms with Gasteiger partial charge in [-0.1, -0.05) is 13.0 Å². The van der Waals surface area contributed by atoms with E-state index in [0.717, 1.165) is 18.5 Å². The van der Waals surface area contributed by atoms with Crippen molar-refractivity contribution in [3.8, 4) is 0 Å². The SMILES string of the molecule is CCC(C)(C)OCc1cc(CNC(C)(C)C)ccc1F. The lowest BCUT2D eigenvalue weighted by atomic mass is 10.1. The highest BCUT2D eigenvalue weighted by Gasteiger charge is 2.16. The third-order valence-electron chi connectivity index (χ3n) is 3.40. The van der Waals surface area contributed by atoms with Crippen molar-refractivity contribution in [1.82, 2.24) is 5.32 Å². The standard InChI is InChI=1S/C17H28FNO/c1-7-17(5,6)20-12-14-10-13(8-9-15(14)18)11-19-16(2,3)4/h8-10,19H,7,11-12H2,1-6H3. The third-order valence-corrected chi connectivity index (χ3v) is 3.40. The van der Waals surface area contributed by atoms with Crippen molar-refractivity contribution < 1.29 is 9.13 Å². The largest absolute Gasteiger partial charge is 0.371 e. The molecule has 0 spiro atoms. The molecule has 0 aliphatic heterocycles. The van der Waals surface area contributed by atoms with Crippen molar-refractivity contribution >= 4 is 0 Å². The van der Waals surface area contributed by atoms with Crippen LogP contribution in [0.1, 0.15) is 59.1 Å². The Morgan fingerprint density at radius 2 is 1.80 bits per heavy atom. The first-order chi connectivity index (χ1) is 9.13. The molecule has 0 heterocycles. The number of hydrogen-bond acceptors (Lipinski definition) is 2. The van der Waals surface area contributed by atoms with Gasteiger partial charge in [0.25, 0.3) is 0 Å². The molecule has 0 aliphatic rings. The molecule has 1 N–H and O–H groups in total. The van der Waals surface area contributed by atoms with Crippen LogP contribution in [0.2, 0.25) is 0 Å². The Morgan fingerprint density at radius 1 is 1.15 bits per heavy atom. The monoisotopic (exact) mass is 281 g/mol. The molecular weight excluding hydrogens is 253 g/mol. The van der Waals surface area contributed by atoms with Gasteiger partial charge >= 0.3 is 0 Å². The van der Waals surface area contributed by atoms with Crippen LogP contribution in [0.3, 0.4) is 0 Å². The first-order valence-corrected chi connectivity index (χ1v) is 7.29. The third kappa shape index (κ3) is 6.02. The normalized spacial score (nSPS) is 12.8. The summed E-state index contributed by atoms with van der Waals surface area (Å²) in [6.45, 7) is 13.5. The predicted molar refractivity (Wildman–Crippen MR) is 82.2 cm³/mol. The summed E-state index contributed by atoms with van der Waals surface area (Å²) in [6, 6.07) is 5.24. The van der Waals surface area contributed by atoms with Gasteiger partial charge in [-0.25, -0.2) is 4.39 Å². The molecule has 0 amide bonds. The van der Waals surface area contributed by atoms with E-state index in [1.807, 2.05) is 26.0 Å². The topological polar surface area (TPSA) is 21.3 Å². The van der Waals surface area contributed by atoms with Gasteiger partial charge in [0.15, 0.2) is 0 Å². The van der Waals surface area contributed by atoms with Crippen LogP contribution in [-0.4, -0.2) is 11.1 Å². The maximum atomic E-state index is 13.8. The van der Waals surface area contributed by atoms with E-state index in [-0.39, 0.29) is 17.0 Å². The highest BCUT2D eigenvalue weighted by Crippen LogP contribution is 2.19. The molecule has 1 aromatic carbocycles. The summed E-state index contributed by atoms with van der Waals surface area (Å²) in [6.07, 6.45) is 0.903. The Balaban J connectivity index is 2.71. The zero-order valence-corrected chi connectivity index (χ0v) is 13.6. The van der Waals surface area contributed by atoms with Crippen molar-refractivity contribution in [2.24, 2.45) is 0 Å². The summed E-state index contributed by atoms with van der Waals surface area (Å²) in [5.41, 5.74) is 1.54. The molecule has 1 aromatic rings. The van der Waals surface area contributed by atoms with Crippen LogP contribution >= 0.6 is 0 Å². The van der Waals surface area contributed by atoms with Gasteiger partial charge in [0.05, 0.1) is 12.2 Å². The summed E-state index contributed by atoms with van der Waals surface area (Å²) < 4.78 is 19.6. The number of hydrogen-bond donors (Lipinski definition) is 1. The molecule has 3 heteroatoms. The van der Waals surface area contributed by atoms with E-state index in [0.29, 0.717) is 12.2 Å². The van der Waals surface area contributed by atoms with Crippen LogP contribution in [0.15, 0.2) is 18.2 Å². The Hall–Kier alpha value is -0.930. The van der Waals surface area contributed by atoms with Crippen molar-refractivity contribution in [2.45, 2.75) is 72.3 Å². The Morgan fingerprint density at radius 3 is 2.35 bits per heavy atom. The van der Waals surface area contributed by atoms with E-state index < -0.39 is 0 Å². The Kier molecular flexibility index (Phi) is 5.72. The van der Waals surface area contributed by atoms with E-state index in [2.05, 4.69) is 33.0 Å². The maximum Gasteiger partial charge on any atom is 0.128 e. The molecule has 0 radical (unpaired) electrons. The molecule has 0 saturated carbocycles. The van der Waals surface area contributed by atoms with Crippen LogP contribution in [0.5, 0.6) is 0 Å². The molecule has 0 aliphatic carbocycles. The summed E-state index contributed by atoms with van der Waals surface area (Å²) in [7, 11) is 0. The van der Waals surface area contributed by atoms with Crippen LogP contribution in [0.25, 0.3) is 0 Å². The smallest absolute Gasteiger partial charge is 0.128 e. The lowest BCUT2D eigenvalue weighted by Gasteiger charge is -2.24. The molecular formula is C17H28FNO. The number of nitrogens with one attached hydrogen (secondary N) is 1. The Labute approximate surface area is 122 Å². The zero-order chi connectivity index (χ0) is 15.4. The zero-order valence-electron chi connectivity index (χ0n) is 13.6. The molecule has 0 saturated heterocycles. The lowest BCUT2D eigenvalue weighted by molar-refractivity contribution is -0.0326. The lowest BCUT2D eigenvalue weighted by Crippen LogP contribution is -2.35. The fraction of sp³-hybridized carbons (Fsp3) is 0.647. The van der Waals surface area contributed by atoms with Gasteiger partial charge in [0, 0.05) is 17.6 Å². The van der Waals surface area contributed by atoms with Crippen LogP contribution in [0.4, 0.5) is 4.39 Å². The molecule has 0 unspecified atom stereocenters. The summed E-state index contributed by atoms with van der Waals surface area (Å²) >= 11 is 0. The van der Waals surface area contributed by atoms with Crippen molar-refractivity contribution in [3.05, 3.63) is 35.1 Å². The molecule has 0 fully saturated rings. The minimum absolute atomic E-state index is 0.0508. The highest BCUT2D eigenvalue weighted by molar-refractivity contribution is 5.24. The summed E-state index contributed by atoms with van der Waals surface area (Å²) in [5.74, 6) is -0.198. The van der Waals surface area contributed by atoms with E-state index in [9.17, 15) is 4.39 Å². The number of ether oxygens (including phenoxy) is 1. The molecule has 20 heavy (non-hydrogen) atoms.